The lowest BCUT2D eigenvalue weighted by molar-refractivity contribution is -0.123. The zero-order chi connectivity index (χ0) is 19.6. The molecule has 0 bridgehead atoms. The molecule has 6 heteroatoms. The minimum Gasteiger partial charge on any atom is -0.315 e. The minimum absolute atomic E-state index is 0.0398. The van der Waals surface area contributed by atoms with Gasteiger partial charge in [0, 0.05) is 25.8 Å². The predicted octanol–water partition coefficient (Wildman–Crippen LogP) is 3.37. The zero-order valence-electron chi connectivity index (χ0n) is 16.1. The van der Waals surface area contributed by atoms with Gasteiger partial charge in [-0.3, -0.25) is 4.79 Å². The number of carbonyl (C=O) groups is 1. The van der Waals surface area contributed by atoms with E-state index >= 15 is 0 Å². The molecule has 1 amide bonds. The number of hydrogen-bond donors (Lipinski definition) is 0. The van der Waals surface area contributed by atoms with Gasteiger partial charge in [-0.15, -0.1) is 0 Å². The van der Waals surface area contributed by atoms with E-state index in [-0.39, 0.29) is 18.4 Å². The molecule has 0 saturated carbocycles. The summed E-state index contributed by atoms with van der Waals surface area (Å²) in [6.07, 6.45) is 1.39. The van der Waals surface area contributed by atoms with Crippen LogP contribution in [-0.4, -0.2) is 38.8 Å². The highest BCUT2D eigenvalue weighted by molar-refractivity contribution is 7.89. The molecule has 0 radical (unpaired) electrons. The van der Waals surface area contributed by atoms with Gasteiger partial charge < -0.3 is 4.90 Å². The summed E-state index contributed by atoms with van der Waals surface area (Å²) >= 11 is 0. The van der Waals surface area contributed by atoms with Crippen LogP contribution in [0.2, 0.25) is 0 Å². The SMILES string of the molecule is Cc1ccc(C)c(S(=O)(=O)N2CCC[C@@H](C(=O)N(C)c3ccccc3)C2)c1. The number of amides is 1. The number of anilines is 1. The molecule has 3 rings (SSSR count). The molecular weight excluding hydrogens is 360 g/mol. The normalized spacial score (nSPS) is 18.3. The third kappa shape index (κ3) is 4.06. The molecule has 27 heavy (non-hydrogen) atoms. The van der Waals surface area contributed by atoms with Crippen LogP contribution in [0.5, 0.6) is 0 Å². The van der Waals surface area contributed by atoms with Crippen LogP contribution >= 0.6 is 0 Å². The van der Waals surface area contributed by atoms with Gasteiger partial charge in [0.2, 0.25) is 15.9 Å². The van der Waals surface area contributed by atoms with Crippen molar-refractivity contribution in [1.29, 1.82) is 0 Å². The van der Waals surface area contributed by atoms with E-state index in [1.165, 1.54) is 4.31 Å². The summed E-state index contributed by atoms with van der Waals surface area (Å²) in [5, 5.41) is 0. The highest BCUT2D eigenvalue weighted by Gasteiger charge is 2.35. The molecule has 0 aliphatic carbocycles. The van der Waals surface area contributed by atoms with Crippen molar-refractivity contribution < 1.29 is 13.2 Å². The number of aryl methyl sites for hydroxylation is 2. The maximum Gasteiger partial charge on any atom is 0.243 e. The molecule has 0 aromatic heterocycles. The summed E-state index contributed by atoms with van der Waals surface area (Å²) in [6, 6.07) is 14.9. The Hall–Kier alpha value is -2.18. The Balaban J connectivity index is 1.81. The van der Waals surface area contributed by atoms with Gasteiger partial charge in [0.05, 0.1) is 10.8 Å². The number of rotatable bonds is 4. The number of piperidine rings is 1. The van der Waals surface area contributed by atoms with Crippen molar-refractivity contribution in [1.82, 2.24) is 4.31 Å². The third-order valence-corrected chi connectivity index (χ3v) is 7.18. The summed E-state index contributed by atoms with van der Waals surface area (Å²) in [5.41, 5.74) is 2.46. The Bertz CT molecular complexity index is 926. The van der Waals surface area contributed by atoms with E-state index in [0.29, 0.717) is 24.3 Å². The highest BCUT2D eigenvalue weighted by Crippen LogP contribution is 2.28. The maximum atomic E-state index is 13.2. The number of para-hydroxylation sites is 1. The second kappa shape index (κ2) is 7.82. The van der Waals surface area contributed by atoms with Crippen molar-refractivity contribution in [3.8, 4) is 0 Å². The summed E-state index contributed by atoms with van der Waals surface area (Å²) < 4.78 is 27.8. The average Bonchev–Trinajstić information content (AvgIpc) is 2.69. The van der Waals surface area contributed by atoms with Crippen LogP contribution in [0.25, 0.3) is 0 Å². The predicted molar refractivity (Wildman–Crippen MR) is 107 cm³/mol. The molecule has 1 atom stereocenters. The Kier molecular flexibility index (Phi) is 5.67. The maximum absolute atomic E-state index is 13.2. The van der Waals surface area contributed by atoms with Gasteiger partial charge in [-0.2, -0.15) is 4.31 Å². The first-order valence-corrected chi connectivity index (χ1v) is 10.6. The second-order valence-electron chi connectivity index (χ2n) is 7.20. The number of benzene rings is 2. The molecular formula is C21H26N2O3S. The van der Waals surface area contributed by atoms with Gasteiger partial charge in [-0.25, -0.2) is 8.42 Å². The van der Waals surface area contributed by atoms with Gasteiger partial charge in [0.1, 0.15) is 0 Å². The molecule has 144 valence electrons. The first kappa shape index (κ1) is 19.6. The Morgan fingerprint density at radius 2 is 1.81 bits per heavy atom. The van der Waals surface area contributed by atoms with E-state index < -0.39 is 10.0 Å². The van der Waals surface area contributed by atoms with Crippen LogP contribution in [0.15, 0.2) is 53.4 Å². The minimum atomic E-state index is -3.61. The fourth-order valence-corrected chi connectivity index (χ4v) is 5.37. The quantitative estimate of drug-likeness (QED) is 0.810. The van der Waals surface area contributed by atoms with E-state index in [1.54, 1.807) is 18.0 Å². The number of carbonyl (C=O) groups excluding carboxylic acids is 1. The molecule has 1 aliphatic rings. The Morgan fingerprint density at radius 3 is 2.52 bits per heavy atom. The van der Waals surface area contributed by atoms with Crippen LogP contribution in [0.3, 0.4) is 0 Å². The summed E-state index contributed by atoms with van der Waals surface area (Å²) in [7, 11) is -1.86. The van der Waals surface area contributed by atoms with E-state index in [4.69, 9.17) is 0 Å². The monoisotopic (exact) mass is 386 g/mol. The lowest BCUT2D eigenvalue weighted by Crippen LogP contribution is -2.46. The van der Waals surface area contributed by atoms with Crippen molar-refractivity contribution in [2.75, 3.05) is 25.0 Å². The Labute approximate surface area is 161 Å². The van der Waals surface area contributed by atoms with Gasteiger partial charge in [-0.1, -0.05) is 30.3 Å². The molecule has 1 heterocycles. The molecule has 2 aromatic rings. The van der Waals surface area contributed by atoms with Crippen LogP contribution in [0.4, 0.5) is 5.69 Å². The lowest BCUT2D eigenvalue weighted by atomic mass is 9.98. The molecule has 1 aliphatic heterocycles. The standard InChI is InChI=1S/C21H26N2O3S/c1-16-11-12-17(2)20(14-16)27(25,26)23-13-7-8-18(15-23)21(24)22(3)19-9-5-4-6-10-19/h4-6,9-12,14,18H,7-8,13,15H2,1-3H3/t18-/m1/s1. The molecule has 0 N–H and O–H groups in total. The van der Waals surface area contributed by atoms with Crippen molar-refractivity contribution in [3.05, 3.63) is 59.7 Å². The van der Waals surface area contributed by atoms with E-state index in [2.05, 4.69) is 0 Å². The fraction of sp³-hybridized carbons (Fsp3) is 0.381. The smallest absolute Gasteiger partial charge is 0.243 e. The van der Waals surface area contributed by atoms with E-state index in [0.717, 1.165) is 16.8 Å². The van der Waals surface area contributed by atoms with Crippen LogP contribution in [-0.2, 0) is 14.8 Å². The van der Waals surface area contributed by atoms with Crippen LogP contribution < -0.4 is 4.90 Å². The molecule has 2 aromatic carbocycles. The Morgan fingerprint density at radius 1 is 1.11 bits per heavy atom. The fourth-order valence-electron chi connectivity index (χ4n) is 3.54. The van der Waals surface area contributed by atoms with Crippen molar-refractivity contribution in [3.63, 3.8) is 0 Å². The van der Waals surface area contributed by atoms with Gasteiger partial charge >= 0.3 is 0 Å². The summed E-state index contributed by atoms with van der Waals surface area (Å²) in [6.45, 7) is 4.37. The number of hydrogen-bond acceptors (Lipinski definition) is 3. The third-order valence-electron chi connectivity index (χ3n) is 5.17. The van der Waals surface area contributed by atoms with Crippen LogP contribution in [0, 0.1) is 19.8 Å². The average molecular weight is 387 g/mol. The van der Waals surface area contributed by atoms with Crippen molar-refractivity contribution >= 4 is 21.6 Å². The highest BCUT2D eigenvalue weighted by atomic mass is 32.2. The van der Waals surface area contributed by atoms with E-state index in [1.807, 2.05) is 56.3 Å². The van der Waals surface area contributed by atoms with Crippen molar-refractivity contribution in [2.45, 2.75) is 31.6 Å². The molecule has 1 saturated heterocycles. The second-order valence-corrected chi connectivity index (χ2v) is 9.11. The molecule has 0 spiro atoms. The first-order valence-electron chi connectivity index (χ1n) is 9.20. The summed E-state index contributed by atoms with van der Waals surface area (Å²) in [5.74, 6) is -0.370. The van der Waals surface area contributed by atoms with E-state index in [9.17, 15) is 13.2 Å². The molecule has 1 fully saturated rings. The van der Waals surface area contributed by atoms with Crippen LogP contribution in [0.1, 0.15) is 24.0 Å². The first-order chi connectivity index (χ1) is 12.8. The molecule has 5 nitrogen and oxygen atoms in total. The largest absolute Gasteiger partial charge is 0.315 e. The topological polar surface area (TPSA) is 57.7 Å². The zero-order valence-corrected chi connectivity index (χ0v) is 16.9. The van der Waals surface area contributed by atoms with Gasteiger partial charge in [0.25, 0.3) is 0 Å². The number of nitrogens with zero attached hydrogens (tertiary/aromatic N) is 2. The lowest BCUT2D eigenvalue weighted by Gasteiger charge is -2.33. The van der Waals surface area contributed by atoms with Gasteiger partial charge in [0.15, 0.2) is 0 Å². The molecule has 0 unspecified atom stereocenters. The summed E-state index contributed by atoms with van der Waals surface area (Å²) in [4.78, 5) is 14.9. The van der Waals surface area contributed by atoms with Gasteiger partial charge in [-0.05, 0) is 56.0 Å². The number of sulfonamides is 1. The van der Waals surface area contributed by atoms with Crippen molar-refractivity contribution in [2.24, 2.45) is 5.92 Å².